The number of hydrogen-bond acceptors (Lipinski definition) is 4. The van der Waals surface area contributed by atoms with Gasteiger partial charge in [-0.1, -0.05) is 30.3 Å². The molecular weight excluding hydrogens is 382 g/mol. The maximum atomic E-state index is 12.8. The highest BCUT2D eigenvalue weighted by molar-refractivity contribution is 5.93. The lowest BCUT2D eigenvalue weighted by Gasteiger charge is -2.32. The highest BCUT2D eigenvalue weighted by Crippen LogP contribution is 2.18. The zero-order valence-electron chi connectivity index (χ0n) is 17.1. The van der Waals surface area contributed by atoms with Gasteiger partial charge in [0.15, 0.2) is 5.69 Å². The predicted octanol–water partition coefficient (Wildman–Crippen LogP) is 1.86. The highest BCUT2D eigenvalue weighted by atomic mass is 16.2. The molecule has 1 atom stereocenters. The van der Waals surface area contributed by atoms with Crippen LogP contribution >= 0.6 is 0 Å². The van der Waals surface area contributed by atoms with Gasteiger partial charge in [-0.15, -0.1) is 0 Å². The number of aryl methyl sites for hydroxylation is 1. The second-order valence-electron chi connectivity index (χ2n) is 7.83. The molecule has 1 aliphatic rings. The van der Waals surface area contributed by atoms with Crippen molar-refractivity contribution >= 4 is 17.3 Å². The van der Waals surface area contributed by atoms with E-state index in [1.807, 2.05) is 37.3 Å². The summed E-state index contributed by atoms with van der Waals surface area (Å²) in [5, 5.41) is 7.38. The van der Waals surface area contributed by atoms with Crippen molar-refractivity contribution in [2.45, 2.75) is 38.6 Å². The van der Waals surface area contributed by atoms with Crippen molar-refractivity contribution < 1.29 is 9.59 Å². The molecular formula is C22H25N5O3. The van der Waals surface area contributed by atoms with Crippen LogP contribution in [0.3, 0.4) is 0 Å². The summed E-state index contributed by atoms with van der Waals surface area (Å²) in [6, 6.07) is 11.3. The van der Waals surface area contributed by atoms with Crippen LogP contribution in [0.1, 0.15) is 47.4 Å². The number of H-pyrrole nitrogens is 1. The molecule has 1 aliphatic heterocycles. The fraction of sp³-hybridized carbons (Fsp3) is 0.364. The summed E-state index contributed by atoms with van der Waals surface area (Å²) in [4.78, 5) is 41.9. The van der Waals surface area contributed by atoms with Crippen molar-refractivity contribution in [3.63, 3.8) is 0 Å². The first kappa shape index (κ1) is 19.9. The average Bonchev–Trinajstić information content (AvgIpc) is 3.18. The second-order valence-corrected chi connectivity index (χ2v) is 7.83. The normalized spacial score (nSPS) is 15.9. The molecule has 30 heavy (non-hydrogen) atoms. The molecule has 1 saturated heterocycles. The number of carbonyl (C=O) groups is 2. The van der Waals surface area contributed by atoms with Gasteiger partial charge in [0.25, 0.3) is 11.5 Å². The number of carbonyl (C=O) groups excluding carboxylic acids is 2. The minimum absolute atomic E-state index is 0.000854. The third-order valence-electron chi connectivity index (χ3n) is 5.64. The quantitative estimate of drug-likeness (QED) is 0.689. The second kappa shape index (κ2) is 8.14. The summed E-state index contributed by atoms with van der Waals surface area (Å²) < 4.78 is 1.44. The summed E-state index contributed by atoms with van der Waals surface area (Å²) >= 11 is 0. The Morgan fingerprint density at radius 3 is 2.60 bits per heavy atom. The van der Waals surface area contributed by atoms with E-state index in [0.29, 0.717) is 37.1 Å². The Morgan fingerprint density at radius 1 is 1.20 bits per heavy atom. The van der Waals surface area contributed by atoms with E-state index in [-0.39, 0.29) is 35.0 Å². The molecule has 1 fully saturated rings. The molecule has 2 amide bonds. The summed E-state index contributed by atoms with van der Waals surface area (Å²) in [6.45, 7) is 4.73. The number of amides is 2. The van der Waals surface area contributed by atoms with Crippen LogP contribution in [0.25, 0.3) is 5.52 Å². The number of nitrogens with one attached hydrogen (secondary N) is 2. The van der Waals surface area contributed by atoms with Gasteiger partial charge in [0.2, 0.25) is 5.91 Å². The van der Waals surface area contributed by atoms with E-state index in [0.717, 1.165) is 5.56 Å². The Kier molecular flexibility index (Phi) is 5.39. The minimum atomic E-state index is -0.268. The number of aromatic nitrogens is 3. The Labute approximate surface area is 173 Å². The maximum Gasteiger partial charge on any atom is 0.274 e. The molecule has 0 unspecified atom stereocenters. The third kappa shape index (κ3) is 3.98. The predicted molar refractivity (Wildman–Crippen MR) is 112 cm³/mol. The fourth-order valence-corrected chi connectivity index (χ4v) is 3.83. The van der Waals surface area contributed by atoms with Gasteiger partial charge in [0.1, 0.15) is 5.52 Å². The van der Waals surface area contributed by atoms with Crippen molar-refractivity contribution in [2.24, 2.45) is 0 Å². The van der Waals surface area contributed by atoms with Crippen LogP contribution in [0, 0.1) is 6.92 Å². The van der Waals surface area contributed by atoms with Crippen molar-refractivity contribution in [3.8, 4) is 0 Å². The van der Waals surface area contributed by atoms with E-state index in [1.165, 1.54) is 10.6 Å². The molecule has 156 valence electrons. The van der Waals surface area contributed by atoms with Crippen LogP contribution < -0.4 is 10.9 Å². The third-order valence-corrected chi connectivity index (χ3v) is 5.64. The lowest BCUT2D eigenvalue weighted by molar-refractivity contribution is -0.123. The Bertz CT molecular complexity index is 1130. The molecule has 4 rings (SSSR count). The molecule has 2 aromatic heterocycles. The summed E-state index contributed by atoms with van der Waals surface area (Å²) in [5.74, 6) is -0.413. The smallest absolute Gasteiger partial charge is 0.274 e. The Morgan fingerprint density at radius 2 is 1.90 bits per heavy atom. The van der Waals surface area contributed by atoms with E-state index in [2.05, 4.69) is 15.4 Å². The number of benzene rings is 1. The number of likely N-dealkylation sites (tertiary alicyclic amines) is 1. The van der Waals surface area contributed by atoms with Crippen molar-refractivity contribution in [3.05, 3.63) is 69.9 Å². The van der Waals surface area contributed by atoms with Crippen molar-refractivity contribution in [2.75, 3.05) is 13.1 Å². The van der Waals surface area contributed by atoms with Gasteiger partial charge in [-0.2, -0.15) is 5.10 Å². The number of rotatable bonds is 4. The SMILES string of the molecule is Cc1cn2nc(C(=O)N3CCC(NC(=O)[C@H](C)c4ccccc4)CC3)cc2c(=O)[nH]1. The number of piperidine rings is 1. The Hall–Kier alpha value is -3.42. The summed E-state index contributed by atoms with van der Waals surface area (Å²) in [7, 11) is 0. The van der Waals surface area contributed by atoms with Crippen LogP contribution in [0.5, 0.6) is 0 Å². The molecule has 8 nitrogen and oxygen atoms in total. The highest BCUT2D eigenvalue weighted by Gasteiger charge is 2.27. The fourth-order valence-electron chi connectivity index (χ4n) is 3.83. The van der Waals surface area contributed by atoms with Gasteiger partial charge < -0.3 is 15.2 Å². The standard InChI is InChI=1S/C22H25N5O3/c1-14-13-27-19(21(29)23-14)12-18(25-27)22(30)26-10-8-17(9-11-26)24-20(28)15(2)16-6-4-3-5-7-16/h3-7,12-13,15,17H,8-11H2,1-2H3,(H,23,29)(H,24,28)/t15-/m1/s1. The molecule has 0 radical (unpaired) electrons. The van der Waals surface area contributed by atoms with Crippen LogP contribution in [0.4, 0.5) is 0 Å². The summed E-state index contributed by atoms with van der Waals surface area (Å²) in [6.07, 6.45) is 3.06. The van der Waals surface area contributed by atoms with Gasteiger partial charge in [-0.05, 0) is 32.3 Å². The minimum Gasteiger partial charge on any atom is -0.353 e. The molecule has 0 spiro atoms. The topological polar surface area (TPSA) is 99.6 Å². The molecule has 0 aliphatic carbocycles. The lowest BCUT2D eigenvalue weighted by atomic mass is 9.98. The van der Waals surface area contributed by atoms with Gasteiger partial charge in [0.05, 0.1) is 5.92 Å². The largest absolute Gasteiger partial charge is 0.353 e. The van der Waals surface area contributed by atoms with Crippen molar-refractivity contribution in [1.29, 1.82) is 0 Å². The van der Waals surface area contributed by atoms with Crippen LogP contribution in [-0.4, -0.2) is 50.4 Å². The van der Waals surface area contributed by atoms with E-state index >= 15 is 0 Å². The van der Waals surface area contributed by atoms with Crippen molar-refractivity contribution in [1.82, 2.24) is 24.8 Å². The van der Waals surface area contributed by atoms with Crippen LogP contribution in [0.2, 0.25) is 0 Å². The van der Waals surface area contributed by atoms with E-state index in [9.17, 15) is 14.4 Å². The summed E-state index contributed by atoms with van der Waals surface area (Å²) in [5.41, 5.74) is 2.00. The molecule has 2 N–H and O–H groups in total. The number of hydrogen-bond donors (Lipinski definition) is 2. The maximum absolute atomic E-state index is 12.8. The molecule has 0 bridgehead atoms. The molecule has 1 aromatic carbocycles. The van der Waals surface area contributed by atoms with Crippen LogP contribution in [-0.2, 0) is 4.79 Å². The zero-order chi connectivity index (χ0) is 21.3. The molecule has 8 heteroatoms. The molecule has 0 saturated carbocycles. The number of aromatic amines is 1. The number of fused-ring (bicyclic) bond motifs is 1. The lowest BCUT2D eigenvalue weighted by Crippen LogP contribution is -2.47. The van der Waals surface area contributed by atoms with Crippen LogP contribution in [0.15, 0.2) is 47.4 Å². The zero-order valence-corrected chi connectivity index (χ0v) is 17.1. The Balaban J connectivity index is 1.36. The first-order valence-corrected chi connectivity index (χ1v) is 10.2. The number of nitrogens with zero attached hydrogens (tertiary/aromatic N) is 3. The van der Waals surface area contributed by atoms with E-state index in [1.54, 1.807) is 18.0 Å². The van der Waals surface area contributed by atoms with E-state index in [4.69, 9.17) is 0 Å². The van der Waals surface area contributed by atoms with Gasteiger partial charge >= 0.3 is 0 Å². The van der Waals surface area contributed by atoms with Gasteiger partial charge in [-0.3, -0.25) is 14.4 Å². The molecule has 3 aromatic rings. The first-order valence-electron chi connectivity index (χ1n) is 10.2. The monoisotopic (exact) mass is 407 g/mol. The average molecular weight is 407 g/mol. The van der Waals surface area contributed by atoms with Gasteiger partial charge in [-0.25, -0.2) is 4.52 Å². The molecule has 3 heterocycles. The van der Waals surface area contributed by atoms with Gasteiger partial charge in [0, 0.05) is 37.1 Å². The van der Waals surface area contributed by atoms with E-state index < -0.39 is 0 Å². The first-order chi connectivity index (χ1) is 14.4.